The van der Waals surface area contributed by atoms with Crippen LogP contribution in [0.4, 0.5) is 0 Å². The summed E-state index contributed by atoms with van der Waals surface area (Å²) in [5.41, 5.74) is 0.591. The van der Waals surface area contributed by atoms with Crippen molar-refractivity contribution in [2.24, 2.45) is 0 Å². The van der Waals surface area contributed by atoms with Crippen molar-refractivity contribution in [2.75, 3.05) is 0 Å². The van der Waals surface area contributed by atoms with Crippen molar-refractivity contribution in [3.8, 4) is 5.75 Å². The van der Waals surface area contributed by atoms with Gasteiger partial charge in [-0.2, -0.15) is 0 Å². The van der Waals surface area contributed by atoms with E-state index in [0.29, 0.717) is 15.9 Å². The molecule has 2 heterocycles. The molecule has 0 spiro atoms. The van der Waals surface area contributed by atoms with E-state index in [1.54, 1.807) is 22.7 Å². The normalized spacial score (nSPS) is 10.8. The molecule has 0 bridgehead atoms. The van der Waals surface area contributed by atoms with Crippen molar-refractivity contribution in [1.82, 2.24) is 9.38 Å². The van der Waals surface area contributed by atoms with Crippen LogP contribution in [0.5, 0.6) is 5.75 Å². The number of carbonyl (C=O) groups excluding carboxylic acids is 1. The number of aromatic nitrogens is 2. The number of rotatable bonds is 2. The number of ketones is 1. The van der Waals surface area contributed by atoms with E-state index >= 15 is 0 Å². The molecule has 5 heteroatoms. The number of nitrogens with zero attached hydrogens (tertiary/aromatic N) is 2. The second-order valence-corrected chi connectivity index (χ2v) is 4.06. The van der Waals surface area contributed by atoms with Gasteiger partial charge in [0, 0.05) is 6.20 Å². The molecule has 0 fully saturated rings. The minimum absolute atomic E-state index is 0.0396. The smallest absolute Gasteiger partial charge is 0.142 e. The lowest BCUT2D eigenvalue weighted by Crippen LogP contribution is -2.01. The minimum Gasteiger partial charge on any atom is -0.506 e. The van der Waals surface area contributed by atoms with Gasteiger partial charge in [-0.05, 0) is 35.0 Å². The van der Waals surface area contributed by atoms with Crippen LogP contribution < -0.4 is 0 Å². The first-order chi connectivity index (χ1) is 7.09. The number of imidazole rings is 1. The number of hydrogen-bond donors (Lipinski definition) is 1. The molecule has 0 aliphatic carbocycles. The monoisotopic (exact) mass is 268 g/mol. The zero-order valence-corrected chi connectivity index (χ0v) is 9.65. The third kappa shape index (κ3) is 1.74. The van der Waals surface area contributed by atoms with Crippen molar-refractivity contribution >= 4 is 27.2 Å². The Hall–Kier alpha value is -1.36. The van der Waals surface area contributed by atoms with Crippen molar-refractivity contribution in [2.45, 2.75) is 13.3 Å². The molecule has 1 N–H and O–H groups in total. The van der Waals surface area contributed by atoms with Gasteiger partial charge in [-0.1, -0.05) is 0 Å². The molecule has 2 rings (SSSR count). The van der Waals surface area contributed by atoms with E-state index in [2.05, 4.69) is 20.9 Å². The van der Waals surface area contributed by atoms with Crippen LogP contribution in [0.3, 0.4) is 0 Å². The zero-order valence-electron chi connectivity index (χ0n) is 8.07. The van der Waals surface area contributed by atoms with E-state index in [-0.39, 0.29) is 18.0 Å². The Morgan fingerprint density at radius 2 is 2.40 bits per heavy atom. The highest BCUT2D eigenvalue weighted by molar-refractivity contribution is 9.10. The van der Waals surface area contributed by atoms with Gasteiger partial charge in [-0.25, -0.2) is 4.98 Å². The van der Waals surface area contributed by atoms with Crippen LogP contribution >= 0.6 is 15.9 Å². The SMILES string of the molecule is CC(=O)Cc1nc(Br)c2c(O)cccn12. The Bertz CT molecular complexity index is 533. The molecule has 4 nitrogen and oxygen atoms in total. The van der Waals surface area contributed by atoms with Crippen LogP contribution in [0, 0.1) is 0 Å². The molecule has 0 saturated carbocycles. The van der Waals surface area contributed by atoms with Gasteiger partial charge in [-0.3, -0.25) is 9.20 Å². The number of Topliss-reactive ketones (excluding diaryl/α,β-unsaturated/α-hetero) is 1. The zero-order chi connectivity index (χ0) is 11.0. The third-order valence-electron chi connectivity index (χ3n) is 2.08. The van der Waals surface area contributed by atoms with Gasteiger partial charge in [0.1, 0.15) is 27.5 Å². The molecule has 0 radical (unpaired) electrons. The molecule has 15 heavy (non-hydrogen) atoms. The van der Waals surface area contributed by atoms with Gasteiger partial charge in [0.25, 0.3) is 0 Å². The first-order valence-electron chi connectivity index (χ1n) is 4.43. The van der Waals surface area contributed by atoms with Crippen LogP contribution in [0.2, 0.25) is 0 Å². The number of fused-ring (bicyclic) bond motifs is 1. The predicted molar refractivity (Wildman–Crippen MR) is 58.9 cm³/mol. The van der Waals surface area contributed by atoms with E-state index in [0.717, 1.165) is 0 Å². The second-order valence-electron chi connectivity index (χ2n) is 3.31. The first kappa shape index (κ1) is 10.2. The van der Waals surface area contributed by atoms with E-state index in [4.69, 9.17) is 0 Å². The highest BCUT2D eigenvalue weighted by Gasteiger charge is 2.12. The van der Waals surface area contributed by atoms with Gasteiger partial charge in [0.05, 0.1) is 6.42 Å². The van der Waals surface area contributed by atoms with Crippen LogP contribution in [-0.4, -0.2) is 20.3 Å². The Balaban J connectivity index is 2.68. The fraction of sp³-hybridized carbons (Fsp3) is 0.200. The summed E-state index contributed by atoms with van der Waals surface area (Å²) in [5, 5.41) is 9.62. The van der Waals surface area contributed by atoms with Gasteiger partial charge in [0.15, 0.2) is 0 Å². The van der Waals surface area contributed by atoms with Crippen molar-refractivity contribution in [3.63, 3.8) is 0 Å². The minimum atomic E-state index is 0.0396. The molecule has 0 atom stereocenters. The van der Waals surface area contributed by atoms with E-state index in [9.17, 15) is 9.90 Å². The Morgan fingerprint density at radius 1 is 1.67 bits per heavy atom. The van der Waals surface area contributed by atoms with Crippen LogP contribution in [0.1, 0.15) is 12.7 Å². The summed E-state index contributed by atoms with van der Waals surface area (Å²) in [6, 6.07) is 3.29. The Morgan fingerprint density at radius 3 is 3.07 bits per heavy atom. The standard InChI is InChI=1S/C10H9BrN2O2/c1-6(14)5-8-12-10(11)9-7(15)3-2-4-13(8)9/h2-4,15H,5H2,1H3. The number of hydrogen-bond acceptors (Lipinski definition) is 3. The average Bonchev–Trinajstić information content (AvgIpc) is 2.44. The summed E-state index contributed by atoms with van der Waals surface area (Å²) in [5.74, 6) is 0.810. The second kappa shape index (κ2) is 3.66. The molecule has 2 aromatic heterocycles. The van der Waals surface area contributed by atoms with Gasteiger partial charge >= 0.3 is 0 Å². The maximum absolute atomic E-state index is 11.0. The molecular weight excluding hydrogens is 260 g/mol. The molecular formula is C10H9BrN2O2. The molecule has 0 amide bonds. The lowest BCUT2D eigenvalue weighted by molar-refractivity contribution is -0.116. The van der Waals surface area contributed by atoms with Crippen LogP contribution in [-0.2, 0) is 11.2 Å². The van der Waals surface area contributed by atoms with E-state index in [1.807, 2.05) is 0 Å². The van der Waals surface area contributed by atoms with Crippen LogP contribution in [0.25, 0.3) is 5.52 Å². The van der Waals surface area contributed by atoms with Crippen molar-refractivity contribution in [3.05, 3.63) is 28.8 Å². The summed E-state index contributed by atoms with van der Waals surface area (Å²) >= 11 is 3.26. The molecule has 78 valence electrons. The lowest BCUT2D eigenvalue weighted by Gasteiger charge is -1.99. The highest BCUT2D eigenvalue weighted by Crippen LogP contribution is 2.27. The Labute approximate surface area is 94.7 Å². The molecule has 2 aromatic rings. The molecule has 0 saturated heterocycles. The fourth-order valence-electron chi connectivity index (χ4n) is 1.48. The first-order valence-corrected chi connectivity index (χ1v) is 5.22. The molecule has 0 aromatic carbocycles. The van der Waals surface area contributed by atoms with Crippen molar-refractivity contribution in [1.29, 1.82) is 0 Å². The lowest BCUT2D eigenvalue weighted by atomic mass is 10.3. The van der Waals surface area contributed by atoms with Gasteiger partial charge in [0.2, 0.25) is 0 Å². The quantitative estimate of drug-likeness (QED) is 0.906. The average molecular weight is 269 g/mol. The molecule has 0 aliphatic rings. The fourth-order valence-corrected chi connectivity index (χ4v) is 2.08. The number of pyridine rings is 1. The maximum Gasteiger partial charge on any atom is 0.142 e. The number of halogens is 1. The maximum atomic E-state index is 11.0. The van der Waals surface area contributed by atoms with Gasteiger partial charge < -0.3 is 5.11 Å². The number of aromatic hydroxyl groups is 1. The molecule has 0 aliphatic heterocycles. The topological polar surface area (TPSA) is 54.6 Å². The summed E-state index contributed by atoms with van der Waals surface area (Å²) in [6.07, 6.45) is 2.03. The van der Waals surface area contributed by atoms with Crippen molar-refractivity contribution < 1.29 is 9.90 Å². The third-order valence-corrected chi connectivity index (χ3v) is 2.63. The van der Waals surface area contributed by atoms with E-state index < -0.39 is 0 Å². The molecule has 0 unspecified atom stereocenters. The summed E-state index contributed by atoms with van der Waals surface area (Å²) in [7, 11) is 0. The highest BCUT2D eigenvalue weighted by atomic mass is 79.9. The largest absolute Gasteiger partial charge is 0.506 e. The Kier molecular flexibility index (Phi) is 2.48. The number of carbonyl (C=O) groups is 1. The predicted octanol–water partition coefficient (Wildman–Crippen LogP) is 1.93. The van der Waals surface area contributed by atoms with Gasteiger partial charge in [-0.15, -0.1) is 0 Å². The van der Waals surface area contributed by atoms with E-state index in [1.165, 1.54) is 6.92 Å². The summed E-state index contributed by atoms with van der Waals surface area (Å²) in [6.45, 7) is 1.51. The summed E-state index contributed by atoms with van der Waals surface area (Å²) in [4.78, 5) is 15.2. The van der Waals surface area contributed by atoms with Crippen LogP contribution in [0.15, 0.2) is 22.9 Å². The summed E-state index contributed by atoms with van der Waals surface area (Å²) < 4.78 is 2.26.